The van der Waals surface area contributed by atoms with Crippen molar-refractivity contribution >= 4 is 5.97 Å². The fourth-order valence-corrected chi connectivity index (χ4v) is 1.55. The molecule has 0 amide bonds. The van der Waals surface area contributed by atoms with Crippen LogP contribution < -0.4 is 5.32 Å². The molecule has 1 aliphatic rings. The Bertz CT molecular complexity index is 219. The van der Waals surface area contributed by atoms with Crippen LogP contribution in [0.4, 0.5) is 0 Å². The number of hydrogen-bond donors (Lipinski definition) is 2. The quantitative estimate of drug-likeness (QED) is 0.648. The highest BCUT2D eigenvalue weighted by molar-refractivity contribution is 5.88. The number of carboxylic acid groups (broad SMARTS) is 1. The predicted molar refractivity (Wildman–Crippen MR) is 47.0 cm³/mol. The number of carboxylic acids is 1. The first-order valence-electron chi connectivity index (χ1n) is 4.29. The first-order chi connectivity index (χ1) is 5.63. The Morgan fingerprint density at radius 1 is 1.58 bits per heavy atom. The molecule has 1 aliphatic heterocycles. The molecule has 0 aromatic heterocycles. The van der Waals surface area contributed by atoms with Crippen molar-refractivity contribution in [1.82, 2.24) is 5.32 Å². The summed E-state index contributed by atoms with van der Waals surface area (Å²) in [7, 11) is 0. The molecule has 0 aromatic rings. The van der Waals surface area contributed by atoms with Gasteiger partial charge in [-0.15, -0.1) is 0 Å². The molecule has 1 heterocycles. The number of hydrogen-bond acceptors (Lipinski definition) is 2. The topological polar surface area (TPSA) is 49.3 Å². The summed E-state index contributed by atoms with van der Waals surface area (Å²) in [5.74, 6) is -0.413. The van der Waals surface area contributed by atoms with E-state index in [1.165, 1.54) is 0 Å². The molecule has 0 unspecified atom stereocenters. The number of rotatable bonds is 2. The minimum atomic E-state index is -0.772. The summed E-state index contributed by atoms with van der Waals surface area (Å²) in [6, 6.07) is 0. The zero-order valence-corrected chi connectivity index (χ0v) is 7.55. The van der Waals surface area contributed by atoms with E-state index in [1.54, 1.807) is 0 Å². The van der Waals surface area contributed by atoms with Crippen molar-refractivity contribution in [1.29, 1.82) is 0 Å². The third-order valence-electron chi connectivity index (χ3n) is 2.22. The van der Waals surface area contributed by atoms with E-state index in [4.69, 9.17) is 5.11 Å². The van der Waals surface area contributed by atoms with Crippen LogP contribution in [-0.2, 0) is 4.79 Å². The number of nitrogens with one attached hydrogen (secondary N) is 1. The minimum Gasteiger partial charge on any atom is -0.478 e. The molecule has 0 atom stereocenters. The lowest BCUT2D eigenvalue weighted by atomic mass is 9.92. The highest BCUT2D eigenvalue weighted by atomic mass is 16.4. The summed E-state index contributed by atoms with van der Waals surface area (Å²) in [6.07, 6.45) is 0.874. The molecule has 0 bridgehead atoms. The second-order valence-corrected chi connectivity index (χ2v) is 3.39. The zero-order valence-electron chi connectivity index (χ0n) is 7.55. The summed E-state index contributed by atoms with van der Waals surface area (Å²) >= 11 is 0. The Balaban J connectivity index is 2.91. The largest absolute Gasteiger partial charge is 0.478 e. The van der Waals surface area contributed by atoms with Crippen LogP contribution in [0.3, 0.4) is 0 Å². The highest BCUT2D eigenvalue weighted by Crippen LogP contribution is 2.20. The van der Waals surface area contributed by atoms with E-state index in [9.17, 15) is 4.79 Å². The van der Waals surface area contributed by atoms with Crippen LogP contribution in [0.1, 0.15) is 20.3 Å². The average molecular weight is 169 g/mol. The molecule has 0 aromatic carbocycles. The van der Waals surface area contributed by atoms with Crippen molar-refractivity contribution in [3.63, 3.8) is 0 Å². The summed E-state index contributed by atoms with van der Waals surface area (Å²) in [5, 5.41) is 11.9. The van der Waals surface area contributed by atoms with Gasteiger partial charge in [-0.05, 0) is 18.9 Å². The Morgan fingerprint density at radius 2 is 2.25 bits per heavy atom. The third-order valence-corrected chi connectivity index (χ3v) is 2.22. The molecule has 3 heteroatoms. The van der Waals surface area contributed by atoms with Gasteiger partial charge in [-0.2, -0.15) is 0 Å². The Hall–Kier alpha value is -0.830. The van der Waals surface area contributed by atoms with E-state index in [-0.39, 0.29) is 0 Å². The maximum Gasteiger partial charge on any atom is 0.332 e. The van der Waals surface area contributed by atoms with E-state index in [0.717, 1.165) is 18.5 Å². The van der Waals surface area contributed by atoms with Crippen molar-refractivity contribution in [2.24, 2.45) is 5.92 Å². The van der Waals surface area contributed by atoms with Crippen molar-refractivity contribution in [3.8, 4) is 0 Å². The molecule has 0 fully saturated rings. The Kier molecular flexibility index (Phi) is 2.87. The van der Waals surface area contributed by atoms with Gasteiger partial charge in [0.05, 0.1) is 5.57 Å². The Morgan fingerprint density at radius 3 is 2.67 bits per heavy atom. The third kappa shape index (κ3) is 1.85. The van der Waals surface area contributed by atoms with E-state index < -0.39 is 5.97 Å². The number of carbonyl (C=O) groups is 1. The number of aliphatic carboxylic acids is 1. The van der Waals surface area contributed by atoms with E-state index in [0.29, 0.717) is 18.0 Å². The molecule has 0 saturated heterocycles. The second kappa shape index (κ2) is 3.72. The van der Waals surface area contributed by atoms with Gasteiger partial charge in [0.1, 0.15) is 0 Å². The molecule has 12 heavy (non-hydrogen) atoms. The van der Waals surface area contributed by atoms with Gasteiger partial charge >= 0.3 is 5.97 Å². The lowest BCUT2D eigenvalue weighted by molar-refractivity contribution is -0.132. The summed E-state index contributed by atoms with van der Waals surface area (Å²) < 4.78 is 0. The van der Waals surface area contributed by atoms with Crippen LogP contribution in [0.2, 0.25) is 0 Å². The fourth-order valence-electron chi connectivity index (χ4n) is 1.55. The maximum atomic E-state index is 10.8. The molecule has 0 aliphatic carbocycles. The Labute approximate surface area is 72.5 Å². The molecule has 1 rings (SSSR count). The minimum absolute atomic E-state index is 0.359. The van der Waals surface area contributed by atoms with Crippen LogP contribution in [0.25, 0.3) is 0 Å². The van der Waals surface area contributed by atoms with E-state index >= 15 is 0 Å². The maximum absolute atomic E-state index is 10.8. The van der Waals surface area contributed by atoms with E-state index in [1.807, 2.05) is 13.8 Å². The SMILES string of the molecule is CC(C)C1=C(C(=O)O)CNCC1. The van der Waals surface area contributed by atoms with Gasteiger partial charge in [0.2, 0.25) is 0 Å². The van der Waals surface area contributed by atoms with Gasteiger partial charge in [-0.25, -0.2) is 4.79 Å². The molecule has 0 saturated carbocycles. The molecule has 0 radical (unpaired) electrons. The van der Waals surface area contributed by atoms with Crippen LogP contribution >= 0.6 is 0 Å². The van der Waals surface area contributed by atoms with Gasteiger partial charge in [0, 0.05) is 6.54 Å². The standard InChI is InChI=1S/C9H15NO2/c1-6(2)7-3-4-10-5-8(7)9(11)12/h6,10H,3-5H2,1-2H3,(H,11,12). The van der Waals surface area contributed by atoms with Gasteiger partial charge in [0.25, 0.3) is 0 Å². The van der Waals surface area contributed by atoms with Crippen LogP contribution in [-0.4, -0.2) is 24.2 Å². The molecule has 0 spiro atoms. The smallest absolute Gasteiger partial charge is 0.332 e. The van der Waals surface area contributed by atoms with Gasteiger partial charge in [0.15, 0.2) is 0 Å². The van der Waals surface area contributed by atoms with Crippen molar-refractivity contribution < 1.29 is 9.90 Å². The fraction of sp³-hybridized carbons (Fsp3) is 0.667. The van der Waals surface area contributed by atoms with Crippen molar-refractivity contribution in [2.45, 2.75) is 20.3 Å². The van der Waals surface area contributed by atoms with Crippen molar-refractivity contribution in [3.05, 3.63) is 11.1 Å². The monoisotopic (exact) mass is 169 g/mol. The molecular weight excluding hydrogens is 154 g/mol. The highest BCUT2D eigenvalue weighted by Gasteiger charge is 2.19. The van der Waals surface area contributed by atoms with Crippen LogP contribution in [0, 0.1) is 5.92 Å². The van der Waals surface area contributed by atoms with E-state index in [2.05, 4.69) is 5.32 Å². The van der Waals surface area contributed by atoms with Crippen LogP contribution in [0.15, 0.2) is 11.1 Å². The summed E-state index contributed by atoms with van der Waals surface area (Å²) in [6.45, 7) is 5.51. The first kappa shape index (κ1) is 9.26. The lowest BCUT2D eigenvalue weighted by Crippen LogP contribution is -2.30. The molecule has 3 nitrogen and oxygen atoms in total. The second-order valence-electron chi connectivity index (χ2n) is 3.39. The predicted octanol–water partition coefficient (Wildman–Crippen LogP) is 1.02. The first-order valence-corrected chi connectivity index (χ1v) is 4.29. The van der Waals surface area contributed by atoms with Gasteiger partial charge in [-0.3, -0.25) is 0 Å². The van der Waals surface area contributed by atoms with Gasteiger partial charge < -0.3 is 10.4 Å². The molecule has 68 valence electrons. The summed E-state index contributed by atoms with van der Waals surface area (Å²) in [5.41, 5.74) is 1.66. The van der Waals surface area contributed by atoms with Crippen LogP contribution in [0.5, 0.6) is 0 Å². The molecular formula is C9H15NO2. The summed E-state index contributed by atoms with van der Waals surface area (Å²) in [4.78, 5) is 10.8. The normalized spacial score (nSPS) is 18.6. The molecule has 2 N–H and O–H groups in total. The van der Waals surface area contributed by atoms with Crippen molar-refractivity contribution in [2.75, 3.05) is 13.1 Å². The van der Waals surface area contributed by atoms with Gasteiger partial charge in [-0.1, -0.05) is 19.4 Å². The average Bonchev–Trinajstić information content (AvgIpc) is 2.04. The lowest BCUT2D eigenvalue weighted by Gasteiger charge is -2.21. The zero-order chi connectivity index (χ0) is 9.14.